The van der Waals surface area contributed by atoms with Crippen molar-refractivity contribution in [2.75, 3.05) is 43.6 Å². The van der Waals surface area contributed by atoms with Crippen molar-refractivity contribution in [3.63, 3.8) is 0 Å². The van der Waals surface area contributed by atoms with Gasteiger partial charge in [-0.1, -0.05) is 0 Å². The maximum atomic E-state index is 11.9. The molecule has 1 unspecified atom stereocenters. The zero-order chi connectivity index (χ0) is 13.7. The van der Waals surface area contributed by atoms with Crippen molar-refractivity contribution in [2.24, 2.45) is 0 Å². The number of morpholine rings is 1. The van der Waals surface area contributed by atoms with E-state index in [0.717, 1.165) is 18.2 Å². The third kappa shape index (κ3) is 3.11. The number of rotatable bonds is 4. The van der Waals surface area contributed by atoms with Crippen LogP contribution in [-0.4, -0.2) is 55.3 Å². The molecule has 7 nitrogen and oxygen atoms in total. The molecule has 19 heavy (non-hydrogen) atoms. The second-order valence-electron chi connectivity index (χ2n) is 4.19. The van der Waals surface area contributed by atoms with Crippen molar-refractivity contribution < 1.29 is 9.53 Å². The molecular formula is C12H19N5O2. The molecule has 1 amide bonds. The van der Waals surface area contributed by atoms with Crippen molar-refractivity contribution in [1.82, 2.24) is 15.3 Å². The molecule has 7 heteroatoms. The smallest absolute Gasteiger partial charge is 0.244 e. The van der Waals surface area contributed by atoms with Gasteiger partial charge < -0.3 is 20.3 Å². The third-order valence-electron chi connectivity index (χ3n) is 2.98. The molecular weight excluding hydrogens is 246 g/mol. The molecule has 1 aliphatic rings. The van der Waals surface area contributed by atoms with Crippen molar-refractivity contribution >= 4 is 17.5 Å². The lowest BCUT2D eigenvalue weighted by atomic mass is 10.2. The molecule has 0 saturated carbocycles. The number of carbonyl (C=O) groups excluding carboxylic acids is 1. The van der Waals surface area contributed by atoms with Gasteiger partial charge in [0.25, 0.3) is 0 Å². The molecule has 2 heterocycles. The van der Waals surface area contributed by atoms with E-state index in [1.54, 1.807) is 7.05 Å². The molecule has 1 saturated heterocycles. The highest BCUT2D eigenvalue weighted by Crippen LogP contribution is 2.19. The molecule has 1 aromatic rings. The summed E-state index contributed by atoms with van der Waals surface area (Å²) in [6.07, 6.45) is 1.50. The first-order chi connectivity index (χ1) is 9.26. The van der Waals surface area contributed by atoms with E-state index in [1.807, 2.05) is 17.9 Å². The summed E-state index contributed by atoms with van der Waals surface area (Å²) in [6, 6.07) is 1.51. The number of ether oxygens (including phenoxy) is 1. The minimum absolute atomic E-state index is 0.0664. The first-order valence-corrected chi connectivity index (χ1v) is 6.38. The average Bonchev–Trinajstić information content (AvgIpc) is 2.47. The van der Waals surface area contributed by atoms with Gasteiger partial charge in [0.1, 0.15) is 24.0 Å². The van der Waals surface area contributed by atoms with Crippen molar-refractivity contribution in [3.05, 3.63) is 12.4 Å². The molecule has 1 fully saturated rings. The number of anilines is 2. The van der Waals surface area contributed by atoms with E-state index in [1.165, 1.54) is 6.33 Å². The van der Waals surface area contributed by atoms with Gasteiger partial charge in [-0.05, 0) is 6.92 Å². The van der Waals surface area contributed by atoms with Crippen LogP contribution in [0.15, 0.2) is 12.4 Å². The zero-order valence-electron chi connectivity index (χ0n) is 11.2. The quantitative estimate of drug-likeness (QED) is 0.789. The van der Waals surface area contributed by atoms with Gasteiger partial charge in [-0.25, -0.2) is 9.97 Å². The van der Waals surface area contributed by atoms with E-state index in [9.17, 15) is 4.79 Å². The van der Waals surface area contributed by atoms with Crippen LogP contribution in [0.3, 0.4) is 0 Å². The molecule has 0 aliphatic carbocycles. The van der Waals surface area contributed by atoms with Gasteiger partial charge in [0, 0.05) is 26.2 Å². The summed E-state index contributed by atoms with van der Waals surface area (Å²) in [5.74, 6) is 1.43. The molecule has 1 atom stereocenters. The average molecular weight is 265 g/mol. The maximum absolute atomic E-state index is 11.9. The number of nitrogens with one attached hydrogen (secondary N) is 2. The fourth-order valence-corrected chi connectivity index (χ4v) is 2.04. The second-order valence-corrected chi connectivity index (χ2v) is 4.19. The standard InChI is InChI=1S/C12H19N5O2/c1-3-14-10-6-11(16-8-15-10)17-4-5-19-7-9(17)12(18)13-2/h6,8-9H,3-5,7H2,1-2H3,(H,13,18)(H,14,15,16). The van der Waals surface area contributed by atoms with Crippen molar-refractivity contribution in [1.29, 1.82) is 0 Å². The Morgan fingerprint density at radius 2 is 2.42 bits per heavy atom. The Balaban J connectivity index is 2.21. The topological polar surface area (TPSA) is 79.4 Å². The summed E-state index contributed by atoms with van der Waals surface area (Å²) in [5, 5.41) is 5.79. The lowest BCUT2D eigenvalue weighted by Gasteiger charge is -2.35. The fraction of sp³-hybridized carbons (Fsp3) is 0.583. The number of carbonyl (C=O) groups is 1. The third-order valence-corrected chi connectivity index (χ3v) is 2.98. The van der Waals surface area contributed by atoms with Crippen LogP contribution in [-0.2, 0) is 9.53 Å². The largest absolute Gasteiger partial charge is 0.377 e. The Kier molecular flexibility index (Phi) is 4.51. The Labute approximate surface area is 112 Å². The van der Waals surface area contributed by atoms with Crippen LogP contribution in [0.5, 0.6) is 0 Å². The molecule has 0 aromatic carbocycles. The molecule has 1 aromatic heterocycles. The molecule has 0 bridgehead atoms. The Bertz CT molecular complexity index is 440. The van der Waals surface area contributed by atoms with Gasteiger partial charge in [-0.3, -0.25) is 4.79 Å². The molecule has 2 rings (SSSR count). The van der Waals surface area contributed by atoms with E-state index < -0.39 is 0 Å². The number of hydrogen-bond acceptors (Lipinski definition) is 6. The number of hydrogen-bond donors (Lipinski definition) is 2. The summed E-state index contributed by atoms with van der Waals surface area (Å²) in [6.45, 7) is 4.40. The molecule has 0 spiro atoms. The first-order valence-electron chi connectivity index (χ1n) is 6.38. The van der Waals surface area contributed by atoms with E-state index in [2.05, 4.69) is 20.6 Å². The molecule has 1 aliphatic heterocycles. The minimum Gasteiger partial charge on any atom is -0.377 e. The highest BCUT2D eigenvalue weighted by molar-refractivity contribution is 5.85. The monoisotopic (exact) mass is 265 g/mol. The van der Waals surface area contributed by atoms with E-state index in [0.29, 0.717) is 19.8 Å². The highest BCUT2D eigenvalue weighted by Gasteiger charge is 2.29. The summed E-state index contributed by atoms with van der Waals surface area (Å²) in [4.78, 5) is 22.2. The van der Waals surface area contributed by atoms with Gasteiger partial charge in [0.2, 0.25) is 5.91 Å². The predicted octanol–water partition coefficient (Wildman–Crippen LogP) is -0.140. The van der Waals surface area contributed by atoms with Crippen molar-refractivity contribution in [2.45, 2.75) is 13.0 Å². The van der Waals surface area contributed by atoms with Crippen LogP contribution in [0.1, 0.15) is 6.92 Å². The van der Waals surface area contributed by atoms with E-state index in [4.69, 9.17) is 4.74 Å². The minimum atomic E-state index is -0.344. The Morgan fingerprint density at radius 1 is 1.58 bits per heavy atom. The van der Waals surface area contributed by atoms with Gasteiger partial charge in [0.15, 0.2) is 0 Å². The SMILES string of the molecule is CCNc1cc(N2CCOCC2C(=O)NC)ncn1. The summed E-state index contributed by atoms with van der Waals surface area (Å²) in [7, 11) is 1.62. The molecule has 2 N–H and O–H groups in total. The lowest BCUT2D eigenvalue weighted by Crippen LogP contribution is -2.53. The van der Waals surface area contributed by atoms with Gasteiger partial charge in [0.05, 0.1) is 13.2 Å². The maximum Gasteiger partial charge on any atom is 0.244 e. The van der Waals surface area contributed by atoms with Crippen LogP contribution in [0, 0.1) is 0 Å². The summed E-state index contributed by atoms with van der Waals surface area (Å²) < 4.78 is 5.37. The van der Waals surface area contributed by atoms with Gasteiger partial charge >= 0.3 is 0 Å². The highest BCUT2D eigenvalue weighted by atomic mass is 16.5. The summed E-state index contributed by atoms with van der Waals surface area (Å²) >= 11 is 0. The van der Waals surface area contributed by atoms with E-state index >= 15 is 0 Å². The zero-order valence-corrected chi connectivity index (χ0v) is 11.2. The Hall–Kier alpha value is -1.89. The number of nitrogens with zero attached hydrogens (tertiary/aromatic N) is 3. The number of likely N-dealkylation sites (N-methyl/N-ethyl adjacent to an activating group) is 1. The molecule has 104 valence electrons. The molecule has 0 radical (unpaired) electrons. The number of amides is 1. The van der Waals surface area contributed by atoms with Crippen molar-refractivity contribution in [3.8, 4) is 0 Å². The fourth-order valence-electron chi connectivity index (χ4n) is 2.04. The van der Waals surface area contributed by atoms with Gasteiger partial charge in [-0.2, -0.15) is 0 Å². The predicted molar refractivity (Wildman–Crippen MR) is 72.2 cm³/mol. The Morgan fingerprint density at radius 3 is 3.16 bits per heavy atom. The van der Waals surface area contributed by atoms with Crippen LogP contribution in [0.25, 0.3) is 0 Å². The van der Waals surface area contributed by atoms with E-state index in [-0.39, 0.29) is 11.9 Å². The normalized spacial score (nSPS) is 19.1. The number of aromatic nitrogens is 2. The van der Waals surface area contributed by atoms with Crippen LogP contribution >= 0.6 is 0 Å². The van der Waals surface area contributed by atoms with Gasteiger partial charge in [-0.15, -0.1) is 0 Å². The summed E-state index contributed by atoms with van der Waals surface area (Å²) in [5.41, 5.74) is 0. The van der Waals surface area contributed by atoms with Crippen LogP contribution in [0.2, 0.25) is 0 Å². The first kappa shape index (κ1) is 13.5. The second kappa shape index (κ2) is 6.33. The lowest BCUT2D eigenvalue weighted by molar-refractivity contribution is -0.124. The van der Waals surface area contributed by atoms with Crippen LogP contribution < -0.4 is 15.5 Å². The van der Waals surface area contributed by atoms with Crippen LogP contribution in [0.4, 0.5) is 11.6 Å².